The number of nitrogens with zero attached hydrogens (tertiary/aromatic N) is 1. The average Bonchev–Trinajstić information content (AvgIpc) is 2.12. The van der Waals surface area contributed by atoms with Gasteiger partial charge >= 0.3 is 0 Å². The highest BCUT2D eigenvalue weighted by Gasteiger charge is 2.20. The van der Waals surface area contributed by atoms with Crippen molar-refractivity contribution in [3.05, 3.63) is 24.3 Å². The van der Waals surface area contributed by atoms with E-state index >= 15 is 0 Å². The smallest absolute Gasteiger partial charge is 0.0597 e. The van der Waals surface area contributed by atoms with Crippen molar-refractivity contribution in [2.24, 2.45) is 5.92 Å². The van der Waals surface area contributed by atoms with Gasteiger partial charge in [-0.2, -0.15) is 0 Å². The van der Waals surface area contributed by atoms with E-state index in [1.807, 2.05) is 18.2 Å². The summed E-state index contributed by atoms with van der Waals surface area (Å²) in [6.45, 7) is 2.79. The molecule has 3 nitrogen and oxygen atoms in total. The first kappa shape index (κ1) is 9.34. The highest BCUT2D eigenvalue weighted by molar-refractivity contribution is 5.66. The molecular weight excluding hydrogens is 176 g/mol. The average molecular weight is 192 g/mol. The van der Waals surface area contributed by atoms with Crippen molar-refractivity contribution in [2.75, 3.05) is 37.4 Å². The van der Waals surface area contributed by atoms with Gasteiger partial charge < -0.3 is 15.4 Å². The summed E-state index contributed by atoms with van der Waals surface area (Å²) in [5.74, 6) is 0.666. The highest BCUT2D eigenvalue weighted by atomic mass is 16.5. The number of anilines is 2. The molecule has 1 heterocycles. The van der Waals surface area contributed by atoms with Crippen LogP contribution in [0.15, 0.2) is 24.3 Å². The SMILES string of the molecule is CN(CC1COC1)c1ccccc1N. The van der Waals surface area contributed by atoms with Crippen LogP contribution in [0, 0.1) is 5.92 Å². The maximum Gasteiger partial charge on any atom is 0.0597 e. The first-order chi connectivity index (χ1) is 6.77. The van der Waals surface area contributed by atoms with Crippen LogP contribution in [-0.4, -0.2) is 26.8 Å². The lowest BCUT2D eigenvalue weighted by Gasteiger charge is -2.31. The molecule has 1 fully saturated rings. The lowest BCUT2D eigenvalue weighted by atomic mass is 10.1. The predicted octanol–water partition coefficient (Wildman–Crippen LogP) is 1.35. The lowest BCUT2D eigenvalue weighted by Crippen LogP contribution is -2.38. The Bertz CT molecular complexity index is 310. The second-order valence-electron chi connectivity index (χ2n) is 3.84. The Labute approximate surface area is 84.5 Å². The van der Waals surface area contributed by atoms with E-state index in [1.54, 1.807) is 0 Å². The van der Waals surface area contributed by atoms with E-state index in [2.05, 4.69) is 18.0 Å². The van der Waals surface area contributed by atoms with Crippen molar-refractivity contribution in [1.82, 2.24) is 0 Å². The maximum atomic E-state index is 5.88. The van der Waals surface area contributed by atoms with Crippen LogP contribution < -0.4 is 10.6 Å². The first-order valence-electron chi connectivity index (χ1n) is 4.91. The molecule has 2 N–H and O–H groups in total. The minimum Gasteiger partial charge on any atom is -0.397 e. The van der Waals surface area contributed by atoms with Crippen LogP contribution >= 0.6 is 0 Å². The fraction of sp³-hybridized carbons (Fsp3) is 0.455. The van der Waals surface area contributed by atoms with Crippen LogP contribution in [-0.2, 0) is 4.74 Å². The van der Waals surface area contributed by atoms with Gasteiger partial charge in [0.2, 0.25) is 0 Å². The summed E-state index contributed by atoms with van der Waals surface area (Å²) in [7, 11) is 2.07. The van der Waals surface area contributed by atoms with Crippen molar-refractivity contribution in [2.45, 2.75) is 0 Å². The molecular formula is C11H16N2O. The Hall–Kier alpha value is -1.22. The molecule has 76 valence electrons. The number of hydrogen-bond acceptors (Lipinski definition) is 3. The van der Waals surface area contributed by atoms with Crippen LogP contribution in [0.25, 0.3) is 0 Å². The molecule has 1 saturated heterocycles. The molecule has 0 amide bonds. The molecule has 0 bridgehead atoms. The molecule has 0 aromatic heterocycles. The van der Waals surface area contributed by atoms with E-state index in [4.69, 9.17) is 10.5 Å². The molecule has 1 aliphatic heterocycles. The molecule has 0 atom stereocenters. The van der Waals surface area contributed by atoms with E-state index in [1.165, 1.54) is 0 Å². The van der Waals surface area contributed by atoms with E-state index in [9.17, 15) is 0 Å². The summed E-state index contributed by atoms with van der Waals surface area (Å²) in [5.41, 5.74) is 7.84. The fourth-order valence-electron chi connectivity index (χ4n) is 1.71. The number of hydrogen-bond donors (Lipinski definition) is 1. The summed E-state index contributed by atoms with van der Waals surface area (Å²) in [4.78, 5) is 2.20. The van der Waals surface area contributed by atoms with Gasteiger partial charge in [0.25, 0.3) is 0 Å². The largest absolute Gasteiger partial charge is 0.397 e. The highest BCUT2D eigenvalue weighted by Crippen LogP contribution is 2.23. The quantitative estimate of drug-likeness (QED) is 0.735. The second kappa shape index (κ2) is 3.88. The van der Waals surface area contributed by atoms with Crippen LogP contribution in [0.4, 0.5) is 11.4 Å². The first-order valence-corrected chi connectivity index (χ1v) is 4.91. The van der Waals surface area contributed by atoms with Crippen LogP contribution in [0.3, 0.4) is 0 Å². The van der Waals surface area contributed by atoms with Gasteiger partial charge in [0, 0.05) is 19.5 Å². The zero-order chi connectivity index (χ0) is 9.97. The van der Waals surface area contributed by atoms with Gasteiger partial charge in [-0.3, -0.25) is 0 Å². The number of rotatable bonds is 3. The fourth-order valence-corrected chi connectivity index (χ4v) is 1.71. The van der Waals surface area contributed by atoms with E-state index < -0.39 is 0 Å². The minimum atomic E-state index is 0.666. The molecule has 1 aromatic rings. The van der Waals surface area contributed by atoms with E-state index in [0.29, 0.717) is 5.92 Å². The molecule has 3 heteroatoms. The predicted molar refractivity (Wildman–Crippen MR) is 58.4 cm³/mol. The standard InChI is InChI=1S/C11H16N2O/c1-13(6-9-7-14-8-9)11-5-3-2-4-10(11)12/h2-5,9H,6-8,12H2,1H3. The number of para-hydroxylation sites is 2. The van der Waals surface area contributed by atoms with Gasteiger partial charge in [-0.25, -0.2) is 0 Å². The molecule has 1 aliphatic rings. The lowest BCUT2D eigenvalue weighted by molar-refractivity contribution is -0.0272. The Morgan fingerprint density at radius 1 is 1.43 bits per heavy atom. The van der Waals surface area contributed by atoms with Gasteiger partial charge in [-0.05, 0) is 12.1 Å². The Balaban J connectivity index is 2.02. The summed E-state index contributed by atoms with van der Waals surface area (Å²) < 4.78 is 5.14. The number of ether oxygens (including phenoxy) is 1. The van der Waals surface area contributed by atoms with Crippen molar-refractivity contribution in [3.63, 3.8) is 0 Å². The van der Waals surface area contributed by atoms with Gasteiger partial charge in [-0.15, -0.1) is 0 Å². The second-order valence-corrected chi connectivity index (χ2v) is 3.84. The molecule has 0 spiro atoms. The van der Waals surface area contributed by atoms with Crippen LogP contribution in [0.5, 0.6) is 0 Å². The van der Waals surface area contributed by atoms with Gasteiger partial charge in [0.15, 0.2) is 0 Å². The Morgan fingerprint density at radius 3 is 2.71 bits per heavy atom. The third-order valence-corrected chi connectivity index (χ3v) is 2.59. The van der Waals surface area contributed by atoms with Crippen molar-refractivity contribution >= 4 is 11.4 Å². The summed E-state index contributed by atoms with van der Waals surface area (Å²) in [6, 6.07) is 7.95. The number of nitrogen functional groups attached to an aromatic ring is 1. The molecule has 0 unspecified atom stereocenters. The third kappa shape index (κ3) is 1.82. The van der Waals surface area contributed by atoms with E-state index in [-0.39, 0.29) is 0 Å². The third-order valence-electron chi connectivity index (χ3n) is 2.59. The summed E-state index contributed by atoms with van der Waals surface area (Å²) in [6.07, 6.45) is 0. The molecule has 14 heavy (non-hydrogen) atoms. The molecule has 1 aromatic carbocycles. The van der Waals surface area contributed by atoms with E-state index in [0.717, 1.165) is 31.1 Å². The Morgan fingerprint density at radius 2 is 2.14 bits per heavy atom. The topological polar surface area (TPSA) is 38.5 Å². The van der Waals surface area contributed by atoms with Crippen molar-refractivity contribution in [3.8, 4) is 0 Å². The van der Waals surface area contributed by atoms with Crippen LogP contribution in [0.1, 0.15) is 0 Å². The summed E-state index contributed by atoms with van der Waals surface area (Å²) >= 11 is 0. The van der Waals surface area contributed by atoms with Gasteiger partial charge in [0.05, 0.1) is 24.6 Å². The van der Waals surface area contributed by atoms with Gasteiger partial charge in [0.1, 0.15) is 0 Å². The zero-order valence-corrected chi connectivity index (χ0v) is 8.44. The maximum absolute atomic E-state index is 5.88. The Kier molecular flexibility index (Phi) is 2.59. The number of benzene rings is 1. The molecule has 0 saturated carbocycles. The normalized spacial score (nSPS) is 16.4. The van der Waals surface area contributed by atoms with Crippen LogP contribution in [0.2, 0.25) is 0 Å². The molecule has 0 radical (unpaired) electrons. The van der Waals surface area contributed by atoms with Crippen molar-refractivity contribution < 1.29 is 4.74 Å². The summed E-state index contributed by atoms with van der Waals surface area (Å²) in [5, 5.41) is 0. The number of nitrogens with two attached hydrogens (primary N) is 1. The monoisotopic (exact) mass is 192 g/mol. The minimum absolute atomic E-state index is 0.666. The molecule has 0 aliphatic carbocycles. The zero-order valence-electron chi connectivity index (χ0n) is 8.44. The van der Waals surface area contributed by atoms with Crippen molar-refractivity contribution in [1.29, 1.82) is 0 Å². The van der Waals surface area contributed by atoms with Gasteiger partial charge in [-0.1, -0.05) is 12.1 Å². The molecule has 2 rings (SSSR count).